The summed E-state index contributed by atoms with van der Waals surface area (Å²) in [7, 11) is 0. The Morgan fingerprint density at radius 1 is 1.29 bits per heavy atom. The van der Waals surface area contributed by atoms with Crippen molar-refractivity contribution in [3.8, 4) is 0 Å². The maximum absolute atomic E-state index is 12.6. The second-order valence-electron chi connectivity index (χ2n) is 5.64. The number of pyridine rings is 1. The molecule has 0 atom stereocenters. The number of aromatic nitrogens is 1. The molecule has 0 bridgehead atoms. The average Bonchev–Trinajstić information content (AvgIpc) is 3.02. The summed E-state index contributed by atoms with van der Waals surface area (Å²) in [6, 6.07) is 8.11. The predicted molar refractivity (Wildman–Crippen MR) is 85.7 cm³/mol. The molecule has 0 saturated heterocycles. The van der Waals surface area contributed by atoms with Crippen molar-refractivity contribution in [1.82, 2.24) is 4.57 Å². The minimum Gasteiger partial charge on any atom is -0.267 e. The average molecular weight is 300 g/mol. The largest absolute Gasteiger partial charge is 0.273 e. The van der Waals surface area contributed by atoms with Crippen LogP contribution < -0.4 is 5.49 Å². The first-order valence-corrected chi connectivity index (χ1v) is 8.43. The lowest BCUT2D eigenvalue weighted by molar-refractivity contribution is 0.0958. The minimum atomic E-state index is 0.0135. The van der Waals surface area contributed by atoms with E-state index in [0.717, 1.165) is 28.8 Å². The molecule has 3 rings (SSSR count). The van der Waals surface area contributed by atoms with Gasteiger partial charge in [0.2, 0.25) is 0 Å². The first kappa shape index (κ1) is 14.3. The van der Waals surface area contributed by atoms with Gasteiger partial charge in [0, 0.05) is 6.20 Å². The van der Waals surface area contributed by atoms with Gasteiger partial charge in [-0.15, -0.1) is 11.3 Å². The van der Waals surface area contributed by atoms with Crippen molar-refractivity contribution in [3.05, 3.63) is 51.8 Å². The maximum Gasteiger partial charge on any atom is 0.273 e. The lowest BCUT2D eigenvalue weighted by atomic mass is 9.96. The molecule has 2 aromatic heterocycles. The predicted octanol–water partition coefficient (Wildman–Crippen LogP) is 3.78. The first-order chi connectivity index (χ1) is 10.2. The fourth-order valence-electron chi connectivity index (χ4n) is 2.78. The number of nitrogens with zero attached hydrogens (tertiary/aromatic N) is 2. The van der Waals surface area contributed by atoms with Gasteiger partial charge in [-0.3, -0.25) is 14.4 Å². The van der Waals surface area contributed by atoms with Gasteiger partial charge in [-0.25, -0.2) is 0 Å². The van der Waals surface area contributed by atoms with Crippen molar-refractivity contribution in [2.24, 2.45) is 4.99 Å². The lowest BCUT2D eigenvalue weighted by Crippen LogP contribution is -2.29. The SMILES string of the molecule is Cc1ccn(C(=O)c2cccs2)c(=NC2CCCCC2)c1. The number of rotatable bonds is 2. The van der Waals surface area contributed by atoms with Gasteiger partial charge in [-0.1, -0.05) is 25.3 Å². The molecular weight excluding hydrogens is 280 g/mol. The molecule has 0 spiro atoms. The molecule has 1 aliphatic rings. The van der Waals surface area contributed by atoms with Crippen LogP contribution in [-0.4, -0.2) is 16.5 Å². The number of hydrogen-bond acceptors (Lipinski definition) is 3. The van der Waals surface area contributed by atoms with Gasteiger partial charge in [-0.2, -0.15) is 0 Å². The molecule has 1 aliphatic carbocycles. The highest BCUT2D eigenvalue weighted by atomic mass is 32.1. The lowest BCUT2D eigenvalue weighted by Gasteiger charge is -2.18. The van der Waals surface area contributed by atoms with Crippen molar-refractivity contribution in [1.29, 1.82) is 0 Å². The fraction of sp³-hybridized carbons (Fsp3) is 0.412. The number of hydrogen-bond donors (Lipinski definition) is 0. The Labute approximate surface area is 129 Å². The molecule has 1 saturated carbocycles. The summed E-state index contributed by atoms with van der Waals surface area (Å²) in [5, 5.41) is 1.93. The maximum atomic E-state index is 12.6. The fourth-order valence-corrected chi connectivity index (χ4v) is 3.44. The number of carbonyl (C=O) groups excluding carboxylic acids is 1. The standard InChI is InChI=1S/C17H20N2OS/c1-13-9-10-19(17(20)15-8-5-11-21-15)16(12-13)18-14-6-3-2-4-7-14/h5,8-12,14H,2-4,6-7H2,1H3. The Morgan fingerprint density at radius 2 is 2.10 bits per heavy atom. The van der Waals surface area contributed by atoms with Crippen LogP contribution in [0.3, 0.4) is 0 Å². The Balaban J connectivity index is 2.00. The zero-order chi connectivity index (χ0) is 14.7. The van der Waals surface area contributed by atoms with Gasteiger partial charge >= 0.3 is 0 Å². The molecular formula is C17H20N2OS. The Kier molecular flexibility index (Phi) is 4.34. The van der Waals surface area contributed by atoms with E-state index in [1.54, 1.807) is 4.57 Å². The van der Waals surface area contributed by atoms with Crippen LogP contribution in [0.1, 0.15) is 47.3 Å². The Hall–Kier alpha value is -1.68. The van der Waals surface area contributed by atoms with Crippen LogP contribution in [0.2, 0.25) is 0 Å². The van der Waals surface area contributed by atoms with Crippen molar-refractivity contribution in [3.63, 3.8) is 0 Å². The topological polar surface area (TPSA) is 34.4 Å². The molecule has 2 aromatic rings. The molecule has 0 aromatic carbocycles. The molecule has 110 valence electrons. The highest BCUT2D eigenvalue weighted by Gasteiger charge is 2.14. The molecule has 1 fully saturated rings. The van der Waals surface area contributed by atoms with Crippen LogP contribution in [-0.2, 0) is 0 Å². The van der Waals surface area contributed by atoms with Crippen LogP contribution in [0, 0.1) is 6.92 Å². The molecule has 4 heteroatoms. The zero-order valence-electron chi connectivity index (χ0n) is 12.3. The van der Waals surface area contributed by atoms with Crippen LogP contribution in [0.4, 0.5) is 0 Å². The van der Waals surface area contributed by atoms with E-state index in [1.165, 1.54) is 30.6 Å². The van der Waals surface area contributed by atoms with E-state index in [4.69, 9.17) is 4.99 Å². The van der Waals surface area contributed by atoms with Gasteiger partial charge in [0.25, 0.3) is 5.91 Å². The monoisotopic (exact) mass is 300 g/mol. The number of thiophene rings is 1. The van der Waals surface area contributed by atoms with Crippen molar-refractivity contribution in [2.45, 2.75) is 45.1 Å². The molecule has 0 unspecified atom stereocenters. The van der Waals surface area contributed by atoms with E-state index in [2.05, 4.69) is 0 Å². The summed E-state index contributed by atoms with van der Waals surface area (Å²) < 4.78 is 1.69. The number of carbonyl (C=O) groups is 1. The first-order valence-electron chi connectivity index (χ1n) is 7.55. The summed E-state index contributed by atoms with van der Waals surface area (Å²) >= 11 is 1.47. The third-order valence-corrected chi connectivity index (χ3v) is 4.79. The third-order valence-electron chi connectivity index (χ3n) is 3.93. The highest BCUT2D eigenvalue weighted by Crippen LogP contribution is 2.19. The normalized spacial score (nSPS) is 17.1. The molecule has 0 N–H and O–H groups in total. The van der Waals surface area contributed by atoms with Crippen LogP contribution >= 0.6 is 11.3 Å². The van der Waals surface area contributed by atoms with Crippen molar-refractivity contribution in [2.75, 3.05) is 0 Å². The molecule has 2 heterocycles. The quantitative estimate of drug-likeness (QED) is 0.831. The molecule has 3 nitrogen and oxygen atoms in total. The minimum absolute atomic E-state index is 0.0135. The molecule has 21 heavy (non-hydrogen) atoms. The van der Waals surface area contributed by atoms with E-state index < -0.39 is 0 Å². The molecule has 0 aliphatic heterocycles. The van der Waals surface area contributed by atoms with Gasteiger partial charge < -0.3 is 0 Å². The van der Waals surface area contributed by atoms with E-state index in [1.807, 2.05) is 42.8 Å². The zero-order valence-corrected chi connectivity index (χ0v) is 13.1. The summed E-state index contributed by atoms with van der Waals surface area (Å²) in [6.45, 7) is 2.04. The Morgan fingerprint density at radius 3 is 2.81 bits per heavy atom. The van der Waals surface area contributed by atoms with Gasteiger partial charge in [0.15, 0.2) is 0 Å². The van der Waals surface area contributed by atoms with Gasteiger partial charge in [-0.05, 0) is 48.9 Å². The highest BCUT2D eigenvalue weighted by molar-refractivity contribution is 7.12. The van der Waals surface area contributed by atoms with Crippen molar-refractivity contribution < 1.29 is 4.79 Å². The van der Waals surface area contributed by atoms with Crippen LogP contribution in [0.5, 0.6) is 0 Å². The second-order valence-corrected chi connectivity index (χ2v) is 6.58. The third kappa shape index (κ3) is 3.32. The van der Waals surface area contributed by atoms with E-state index >= 15 is 0 Å². The summed E-state index contributed by atoms with van der Waals surface area (Å²) in [5.74, 6) is 0.0135. The smallest absolute Gasteiger partial charge is 0.267 e. The molecule has 0 radical (unpaired) electrons. The van der Waals surface area contributed by atoms with Crippen LogP contribution in [0.25, 0.3) is 0 Å². The van der Waals surface area contributed by atoms with E-state index in [0.29, 0.717) is 6.04 Å². The summed E-state index contributed by atoms with van der Waals surface area (Å²) in [6.07, 6.45) is 7.94. The summed E-state index contributed by atoms with van der Waals surface area (Å²) in [5.41, 5.74) is 1.93. The number of aryl methyl sites for hydroxylation is 1. The second kappa shape index (κ2) is 6.39. The van der Waals surface area contributed by atoms with Crippen LogP contribution in [0.15, 0.2) is 40.8 Å². The van der Waals surface area contributed by atoms with Gasteiger partial charge in [0.05, 0.1) is 10.9 Å². The van der Waals surface area contributed by atoms with Crippen molar-refractivity contribution >= 4 is 17.2 Å². The van der Waals surface area contributed by atoms with E-state index in [-0.39, 0.29) is 5.91 Å². The van der Waals surface area contributed by atoms with E-state index in [9.17, 15) is 4.79 Å². The Bertz CT molecular complexity index is 679. The summed E-state index contributed by atoms with van der Waals surface area (Å²) in [4.78, 5) is 18.2. The molecule has 0 amide bonds. The van der Waals surface area contributed by atoms with Gasteiger partial charge in [0.1, 0.15) is 5.49 Å².